The molecule has 1 aliphatic carbocycles. The normalized spacial score (nSPS) is 32.8. The van der Waals surface area contributed by atoms with Crippen LogP contribution in [0.1, 0.15) is 28.7 Å². The van der Waals surface area contributed by atoms with Gasteiger partial charge in [-0.1, -0.05) is 0 Å². The molecule has 0 radical (unpaired) electrons. The van der Waals surface area contributed by atoms with Crippen LogP contribution in [0.5, 0.6) is 28.7 Å². The van der Waals surface area contributed by atoms with E-state index >= 15 is 4.39 Å². The molecule has 14 heteroatoms. The van der Waals surface area contributed by atoms with Gasteiger partial charge in [0, 0.05) is 24.4 Å². The van der Waals surface area contributed by atoms with Crippen LogP contribution in [-0.2, 0) is 14.3 Å². The van der Waals surface area contributed by atoms with Crippen LogP contribution in [0.15, 0.2) is 24.3 Å². The van der Waals surface area contributed by atoms with Crippen molar-refractivity contribution in [3.63, 3.8) is 0 Å². The van der Waals surface area contributed by atoms with Crippen molar-refractivity contribution in [3.8, 4) is 28.7 Å². The number of halogens is 1. The van der Waals surface area contributed by atoms with Crippen molar-refractivity contribution in [1.82, 2.24) is 5.32 Å². The molecule has 13 nitrogen and oxygen atoms in total. The number of carbonyl (C=O) groups excluding carboxylic acids is 1. The van der Waals surface area contributed by atoms with Gasteiger partial charge in [0.05, 0.1) is 40.5 Å². The summed E-state index contributed by atoms with van der Waals surface area (Å²) in [7, 11) is 4.51. The minimum Gasteiger partial charge on any atom is -0.493 e. The summed E-state index contributed by atoms with van der Waals surface area (Å²) in [6, 6.07) is 6.59. The molecule has 3 aliphatic heterocycles. The highest BCUT2D eigenvalue weighted by Gasteiger charge is 2.53. The maximum atomic E-state index is 15.7. The Hall–Kier alpha value is -3.40. The number of methoxy groups -OCH3 is 3. The number of aliphatic hydroxyl groups is 4. The Morgan fingerprint density at radius 3 is 2.20 bits per heavy atom. The SMILES string of the molecule is COc1cc(C2c3cc4c(cc3C(NCC(F)C3OC(CO)C(O)C(O)C3O)C3COC(=O)C23)OCO4)cc(OC)c1OC. The lowest BCUT2D eigenvalue weighted by Crippen LogP contribution is -2.62. The van der Waals surface area contributed by atoms with Gasteiger partial charge in [0.1, 0.15) is 36.7 Å². The van der Waals surface area contributed by atoms with Gasteiger partial charge in [-0.05, 0) is 41.0 Å². The number of hydrogen-bond acceptors (Lipinski definition) is 13. The summed E-state index contributed by atoms with van der Waals surface area (Å²) in [6.45, 7) is -0.944. The van der Waals surface area contributed by atoms with E-state index in [1.54, 1.807) is 18.2 Å². The highest BCUT2D eigenvalue weighted by Crippen LogP contribution is 2.55. The monoisotopic (exact) mass is 621 g/mol. The van der Waals surface area contributed by atoms with Crippen molar-refractivity contribution < 1.29 is 62.8 Å². The Morgan fingerprint density at radius 1 is 0.932 bits per heavy atom. The molecule has 44 heavy (non-hydrogen) atoms. The molecule has 2 saturated heterocycles. The average molecular weight is 622 g/mol. The number of nitrogens with one attached hydrogen (secondary N) is 1. The predicted octanol–water partition coefficient (Wildman–Crippen LogP) is 0.187. The number of fused-ring (bicyclic) bond motifs is 3. The first-order valence-corrected chi connectivity index (χ1v) is 14.3. The smallest absolute Gasteiger partial charge is 0.310 e. The summed E-state index contributed by atoms with van der Waals surface area (Å²) in [6.07, 6.45) is -9.66. The number of ether oxygens (including phenoxy) is 7. The number of alkyl halides is 1. The number of carbonyl (C=O) groups is 1. The van der Waals surface area contributed by atoms with Crippen LogP contribution in [0.4, 0.5) is 4.39 Å². The number of hydrogen-bond donors (Lipinski definition) is 5. The van der Waals surface area contributed by atoms with Crippen LogP contribution < -0.4 is 29.0 Å². The van der Waals surface area contributed by atoms with Gasteiger partial charge in [-0.15, -0.1) is 0 Å². The first-order valence-electron chi connectivity index (χ1n) is 14.3. The van der Waals surface area contributed by atoms with E-state index in [1.165, 1.54) is 21.3 Å². The summed E-state index contributed by atoms with van der Waals surface area (Å²) >= 11 is 0. The Bertz CT molecular complexity index is 1370. The molecule has 3 heterocycles. The summed E-state index contributed by atoms with van der Waals surface area (Å²) in [4.78, 5) is 13.4. The minimum absolute atomic E-state index is 0.0176. The fourth-order valence-corrected chi connectivity index (χ4v) is 6.89. The third-order valence-corrected chi connectivity index (χ3v) is 9.05. The maximum Gasteiger partial charge on any atom is 0.310 e. The van der Waals surface area contributed by atoms with Crippen LogP contribution >= 0.6 is 0 Å². The van der Waals surface area contributed by atoms with Gasteiger partial charge in [0.15, 0.2) is 23.0 Å². The quantitative estimate of drug-likeness (QED) is 0.240. The molecule has 0 saturated carbocycles. The Labute approximate surface area is 252 Å². The van der Waals surface area contributed by atoms with Crippen LogP contribution in [0.25, 0.3) is 0 Å². The number of cyclic esters (lactones) is 1. The fraction of sp³-hybridized carbons (Fsp3) is 0.567. The Balaban J connectivity index is 1.38. The van der Waals surface area contributed by atoms with E-state index in [1.807, 2.05) is 6.07 Å². The average Bonchev–Trinajstić information content (AvgIpc) is 3.66. The number of rotatable bonds is 9. The molecular weight excluding hydrogens is 585 g/mol. The van der Waals surface area contributed by atoms with Crippen molar-refractivity contribution in [3.05, 3.63) is 41.0 Å². The molecule has 2 aromatic rings. The lowest BCUT2D eigenvalue weighted by Gasteiger charge is -2.42. The molecule has 240 valence electrons. The minimum atomic E-state index is -1.86. The van der Waals surface area contributed by atoms with Gasteiger partial charge in [0.25, 0.3) is 0 Å². The molecule has 5 N–H and O–H groups in total. The van der Waals surface area contributed by atoms with Crippen LogP contribution in [-0.4, -0.2) is 111 Å². The van der Waals surface area contributed by atoms with E-state index in [0.29, 0.717) is 34.3 Å². The summed E-state index contributed by atoms with van der Waals surface area (Å²) in [5, 5.41) is 43.4. The molecule has 0 amide bonds. The maximum absolute atomic E-state index is 15.7. The van der Waals surface area contributed by atoms with E-state index < -0.39 is 73.1 Å². The van der Waals surface area contributed by atoms with E-state index in [2.05, 4.69) is 5.32 Å². The number of esters is 1. The largest absolute Gasteiger partial charge is 0.493 e. The summed E-state index contributed by atoms with van der Waals surface area (Å²) in [5.74, 6) is 0.123. The van der Waals surface area contributed by atoms with E-state index in [-0.39, 0.29) is 19.9 Å². The summed E-state index contributed by atoms with van der Waals surface area (Å²) < 4.78 is 54.7. The second kappa shape index (κ2) is 12.2. The van der Waals surface area contributed by atoms with Crippen LogP contribution in [0.3, 0.4) is 0 Å². The molecule has 6 rings (SSSR count). The van der Waals surface area contributed by atoms with Crippen molar-refractivity contribution in [2.45, 2.75) is 48.7 Å². The molecule has 10 unspecified atom stereocenters. The molecule has 0 aromatic heterocycles. The molecule has 0 bridgehead atoms. The molecule has 10 atom stereocenters. The van der Waals surface area contributed by atoms with Crippen molar-refractivity contribution in [1.29, 1.82) is 0 Å². The predicted molar refractivity (Wildman–Crippen MR) is 148 cm³/mol. The zero-order valence-corrected chi connectivity index (χ0v) is 24.3. The molecule has 4 aliphatic rings. The van der Waals surface area contributed by atoms with Gasteiger partial charge in [-0.2, -0.15) is 0 Å². The van der Waals surface area contributed by atoms with Crippen LogP contribution in [0, 0.1) is 11.8 Å². The van der Waals surface area contributed by atoms with E-state index in [4.69, 9.17) is 33.2 Å². The Morgan fingerprint density at radius 2 is 1.59 bits per heavy atom. The van der Waals surface area contributed by atoms with Gasteiger partial charge in [-0.25, -0.2) is 4.39 Å². The number of benzene rings is 2. The van der Waals surface area contributed by atoms with Crippen LogP contribution in [0.2, 0.25) is 0 Å². The first kappa shape index (κ1) is 30.6. The first-order chi connectivity index (χ1) is 21.2. The van der Waals surface area contributed by atoms with Gasteiger partial charge in [0.2, 0.25) is 12.5 Å². The van der Waals surface area contributed by atoms with Gasteiger partial charge < -0.3 is 58.9 Å². The van der Waals surface area contributed by atoms with E-state index in [9.17, 15) is 25.2 Å². The lowest BCUT2D eigenvalue weighted by molar-refractivity contribution is -0.241. The molecular formula is C30H36FNO12. The third-order valence-electron chi connectivity index (χ3n) is 9.05. The molecule has 2 fully saturated rings. The highest BCUT2D eigenvalue weighted by atomic mass is 19.1. The standard InChI is InChI=1S/C30H36FNO12/c1-38-19-4-12(5-20(39-2)29(19)40-3)22-13-6-17-18(43-11-42-17)7-14(13)24(15-10-41-30(37)23(15)22)32-8-16(31)28-27(36)26(35)25(34)21(9-33)44-28/h4-7,15-16,21-28,32-36H,8-11H2,1-3H3. The zero-order chi connectivity index (χ0) is 31.3. The second-order valence-corrected chi connectivity index (χ2v) is 11.3. The van der Waals surface area contributed by atoms with Crippen molar-refractivity contribution >= 4 is 5.97 Å². The van der Waals surface area contributed by atoms with Crippen molar-refractivity contribution in [2.24, 2.45) is 11.8 Å². The topological polar surface area (TPSA) is 175 Å². The second-order valence-electron chi connectivity index (χ2n) is 11.3. The van der Waals surface area contributed by atoms with E-state index in [0.717, 1.165) is 11.1 Å². The molecule has 0 spiro atoms. The Kier molecular flexibility index (Phi) is 8.48. The lowest BCUT2D eigenvalue weighted by atomic mass is 9.65. The zero-order valence-electron chi connectivity index (χ0n) is 24.3. The summed E-state index contributed by atoms with van der Waals surface area (Å²) in [5.41, 5.74) is 2.16. The highest BCUT2D eigenvalue weighted by molar-refractivity contribution is 5.79. The van der Waals surface area contributed by atoms with Gasteiger partial charge >= 0.3 is 5.97 Å². The fourth-order valence-electron chi connectivity index (χ4n) is 6.89. The van der Waals surface area contributed by atoms with Gasteiger partial charge in [-0.3, -0.25) is 4.79 Å². The van der Waals surface area contributed by atoms with Crippen molar-refractivity contribution in [2.75, 3.05) is 47.9 Å². The number of aliphatic hydroxyl groups excluding tert-OH is 4. The molecule has 2 aromatic carbocycles. The third kappa shape index (κ3) is 4.99.